The molecule has 0 aliphatic heterocycles. The monoisotopic (exact) mass is 319 g/mol. The van der Waals surface area contributed by atoms with E-state index in [1.807, 2.05) is 18.8 Å². The van der Waals surface area contributed by atoms with E-state index in [9.17, 15) is 0 Å². The smallest absolute Gasteiger partial charge is 0.0738 e. The first-order valence-electron chi connectivity index (χ1n) is 6.02. The lowest BCUT2D eigenvalue weighted by atomic mass is 10.1. The first kappa shape index (κ1) is 15.1. The molecule has 0 saturated carbocycles. The van der Waals surface area contributed by atoms with Crippen LogP contribution in [-0.2, 0) is 13.0 Å². The highest BCUT2D eigenvalue weighted by Gasteiger charge is 2.16. The number of hydrogen-bond acceptors (Lipinski definition) is 3. The molecule has 1 N–H and O–H groups in total. The standard InChI is InChI=1S/C12H22BrN3S/c1-5-16-11(12(13)9(2)15-16)8-10(14-3)6-7-17-4/h10,14H,5-8H2,1-4H3. The predicted molar refractivity (Wildman–Crippen MR) is 79.9 cm³/mol. The molecule has 3 nitrogen and oxygen atoms in total. The van der Waals surface area contributed by atoms with Gasteiger partial charge in [0.05, 0.1) is 15.9 Å². The van der Waals surface area contributed by atoms with Gasteiger partial charge in [0.15, 0.2) is 0 Å². The number of thioether (sulfide) groups is 1. The second-order valence-electron chi connectivity index (χ2n) is 4.13. The Bertz CT molecular complexity index is 352. The highest BCUT2D eigenvalue weighted by Crippen LogP contribution is 2.23. The van der Waals surface area contributed by atoms with Crippen molar-refractivity contribution < 1.29 is 0 Å². The molecule has 98 valence electrons. The molecule has 1 atom stereocenters. The number of aryl methyl sites for hydroxylation is 2. The Kier molecular flexibility index (Phi) is 6.59. The van der Waals surface area contributed by atoms with E-state index in [0.29, 0.717) is 6.04 Å². The highest BCUT2D eigenvalue weighted by atomic mass is 79.9. The maximum Gasteiger partial charge on any atom is 0.0738 e. The van der Waals surface area contributed by atoms with Crippen LogP contribution in [0.25, 0.3) is 0 Å². The molecule has 1 aromatic rings. The summed E-state index contributed by atoms with van der Waals surface area (Å²) in [5.41, 5.74) is 2.40. The van der Waals surface area contributed by atoms with Gasteiger partial charge in [-0.25, -0.2) is 0 Å². The minimum atomic E-state index is 0.528. The molecule has 0 aliphatic carbocycles. The average Bonchev–Trinajstić information content (AvgIpc) is 2.61. The van der Waals surface area contributed by atoms with Crippen molar-refractivity contribution in [3.05, 3.63) is 15.9 Å². The molecule has 1 unspecified atom stereocenters. The van der Waals surface area contributed by atoms with Gasteiger partial charge in [-0.05, 0) is 55.3 Å². The molecule has 0 aliphatic rings. The van der Waals surface area contributed by atoms with Crippen molar-refractivity contribution in [3.8, 4) is 0 Å². The third-order valence-electron chi connectivity index (χ3n) is 2.97. The minimum absolute atomic E-state index is 0.528. The SMILES string of the molecule is CCn1nc(C)c(Br)c1CC(CCSC)NC. The van der Waals surface area contributed by atoms with Crippen molar-refractivity contribution in [1.82, 2.24) is 15.1 Å². The molecule has 5 heteroatoms. The zero-order valence-corrected chi connectivity index (χ0v) is 13.5. The van der Waals surface area contributed by atoms with Crippen LogP contribution in [0.5, 0.6) is 0 Å². The van der Waals surface area contributed by atoms with Gasteiger partial charge in [-0.15, -0.1) is 0 Å². The Labute approximate surface area is 117 Å². The van der Waals surface area contributed by atoms with Crippen LogP contribution in [0.2, 0.25) is 0 Å². The minimum Gasteiger partial charge on any atom is -0.317 e. The van der Waals surface area contributed by atoms with Crippen molar-refractivity contribution >= 4 is 27.7 Å². The fourth-order valence-corrected chi connectivity index (χ4v) is 2.87. The lowest BCUT2D eigenvalue weighted by Crippen LogP contribution is -2.29. The molecular weight excluding hydrogens is 298 g/mol. The third-order valence-corrected chi connectivity index (χ3v) is 4.65. The molecule has 17 heavy (non-hydrogen) atoms. The van der Waals surface area contributed by atoms with Crippen LogP contribution >= 0.6 is 27.7 Å². The number of rotatable bonds is 7. The summed E-state index contributed by atoms with van der Waals surface area (Å²) >= 11 is 5.55. The first-order valence-corrected chi connectivity index (χ1v) is 8.20. The maximum absolute atomic E-state index is 4.53. The number of likely N-dealkylation sites (N-methyl/N-ethyl adjacent to an activating group) is 1. The van der Waals surface area contributed by atoms with Crippen LogP contribution in [-0.4, -0.2) is 34.9 Å². The predicted octanol–water partition coefficient (Wildman–Crippen LogP) is 2.86. The van der Waals surface area contributed by atoms with E-state index in [4.69, 9.17) is 0 Å². The van der Waals surface area contributed by atoms with E-state index >= 15 is 0 Å². The van der Waals surface area contributed by atoms with Gasteiger partial charge >= 0.3 is 0 Å². The second kappa shape index (κ2) is 7.44. The summed E-state index contributed by atoms with van der Waals surface area (Å²) in [5, 5.41) is 7.93. The van der Waals surface area contributed by atoms with Gasteiger partial charge < -0.3 is 5.32 Å². The van der Waals surface area contributed by atoms with Crippen LogP contribution in [0.3, 0.4) is 0 Å². The molecule has 1 aromatic heterocycles. The lowest BCUT2D eigenvalue weighted by Gasteiger charge is -2.16. The van der Waals surface area contributed by atoms with Crippen LogP contribution in [0.1, 0.15) is 24.7 Å². The summed E-state index contributed by atoms with van der Waals surface area (Å²) in [6.45, 7) is 5.12. The van der Waals surface area contributed by atoms with Crippen LogP contribution in [0.15, 0.2) is 4.47 Å². The van der Waals surface area contributed by atoms with Crippen molar-refractivity contribution in [2.45, 2.75) is 39.3 Å². The Morgan fingerprint density at radius 2 is 2.24 bits per heavy atom. The quantitative estimate of drug-likeness (QED) is 0.838. The van der Waals surface area contributed by atoms with Gasteiger partial charge in [0.2, 0.25) is 0 Å². The van der Waals surface area contributed by atoms with E-state index in [-0.39, 0.29) is 0 Å². The van der Waals surface area contributed by atoms with Gasteiger partial charge in [0.25, 0.3) is 0 Å². The zero-order valence-electron chi connectivity index (χ0n) is 11.1. The zero-order chi connectivity index (χ0) is 12.8. The summed E-state index contributed by atoms with van der Waals surface area (Å²) in [7, 11) is 2.04. The fraction of sp³-hybridized carbons (Fsp3) is 0.750. The molecule has 1 heterocycles. The Balaban J connectivity index is 2.77. The fourth-order valence-electron chi connectivity index (χ4n) is 1.91. The van der Waals surface area contributed by atoms with Crippen molar-refractivity contribution in [2.75, 3.05) is 19.1 Å². The molecule has 0 fully saturated rings. The average molecular weight is 320 g/mol. The molecule has 0 amide bonds. The topological polar surface area (TPSA) is 29.9 Å². The summed E-state index contributed by atoms with van der Waals surface area (Å²) in [4.78, 5) is 0. The van der Waals surface area contributed by atoms with Crippen LogP contribution in [0.4, 0.5) is 0 Å². The maximum atomic E-state index is 4.53. The molecule has 1 rings (SSSR count). The molecule has 0 bridgehead atoms. The van der Waals surface area contributed by atoms with E-state index in [2.05, 4.69) is 51.1 Å². The Morgan fingerprint density at radius 3 is 2.76 bits per heavy atom. The van der Waals surface area contributed by atoms with E-state index in [1.54, 1.807) is 0 Å². The number of halogens is 1. The summed E-state index contributed by atoms with van der Waals surface area (Å²) in [6, 6.07) is 0.528. The second-order valence-corrected chi connectivity index (χ2v) is 5.91. The summed E-state index contributed by atoms with van der Waals surface area (Å²) in [5.74, 6) is 1.20. The van der Waals surface area contributed by atoms with Crippen LogP contribution in [0, 0.1) is 6.92 Å². The molecular formula is C12H22BrN3S. The van der Waals surface area contributed by atoms with E-state index in [1.165, 1.54) is 22.3 Å². The molecule has 0 spiro atoms. The van der Waals surface area contributed by atoms with Crippen molar-refractivity contribution in [3.63, 3.8) is 0 Å². The van der Waals surface area contributed by atoms with Gasteiger partial charge in [-0.3, -0.25) is 4.68 Å². The van der Waals surface area contributed by atoms with Gasteiger partial charge in [0, 0.05) is 19.0 Å². The molecule has 0 aromatic carbocycles. The van der Waals surface area contributed by atoms with E-state index in [0.717, 1.165) is 18.7 Å². The summed E-state index contributed by atoms with van der Waals surface area (Å²) in [6.07, 6.45) is 4.38. The Hall–Kier alpha value is -0.0000000000000000763. The van der Waals surface area contributed by atoms with Gasteiger partial charge in [-0.2, -0.15) is 16.9 Å². The highest BCUT2D eigenvalue weighted by molar-refractivity contribution is 9.10. The Morgan fingerprint density at radius 1 is 1.53 bits per heavy atom. The third kappa shape index (κ3) is 4.00. The van der Waals surface area contributed by atoms with E-state index < -0.39 is 0 Å². The number of hydrogen-bond donors (Lipinski definition) is 1. The number of nitrogens with one attached hydrogen (secondary N) is 1. The van der Waals surface area contributed by atoms with Crippen molar-refractivity contribution in [1.29, 1.82) is 0 Å². The van der Waals surface area contributed by atoms with Crippen LogP contribution < -0.4 is 5.32 Å². The normalized spacial score (nSPS) is 13.0. The first-order chi connectivity index (χ1) is 8.13. The lowest BCUT2D eigenvalue weighted by molar-refractivity contribution is 0.512. The van der Waals surface area contributed by atoms with Gasteiger partial charge in [-0.1, -0.05) is 0 Å². The molecule has 0 radical (unpaired) electrons. The number of nitrogens with zero attached hydrogens (tertiary/aromatic N) is 2. The largest absolute Gasteiger partial charge is 0.317 e. The van der Waals surface area contributed by atoms with Gasteiger partial charge in [0.1, 0.15) is 0 Å². The summed E-state index contributed by atoms with van der Waals surface area (Å²) < 4.78 is 3.27. The molecule has 0 saturated heterocycles. The number of aromatic nitrogens is 2. The van der Waals surface area contributed by atoms with Crippen molar-refractivity contribution in [2.24, 2.45) is 0 Å².